The predicted molar refractivity (Wildman–Crippen MR) is 85.4 cm³/mol. The van der Waals surface area contributed by atoms with Gasteiger partial charge < -0.3 is 15.7 Å². The molecule has 2 amide bonds. The van der Waals surface area contributed by atoms with Crippen LogP contribution >= 0.6 is 0 Å². The summed E-state index contributed by atoms with van der Waals surface area (Å²) >= 11 is 0. The van der Waals surface area contributed by atoms with E-state index in [-0.39, 0.29) is 30.4 Å². The highest BCUT2D eigenvalue weighted by Gasteiger charge is 2.29. The average molecular weight is 304 g/mol. The van der Waals surface area contributed by atoms with E-state index < -0.39 is 0 Å². The van der Waals surface area contributed by atoms with Crippen molar-refractivity contribution in [1.29, 1.82) is 0 Å². The van der Waals surface area contributed by atoms with Crippen LogP contribution in [0.25, 0.3) is 0 Å². The molecule has 1 aromatic rings. The number of anilines is 1. The molecule has 0 spiro atoms. The van der Waals surface area contributed by atoms with Gasteiger partial charge in [0.05, 0.1) is 6.42 Å². The van der Waals surface area contributed by atoms with Gasteiger partial charge in [-0.3, -0.25) is 9.59 Å². The molecule has 5 heteroatoms. The van der Waals surface area contributed by atoms with Crippen LogP contribution in [0.2, 0.25) is 0 Å². The number of aliphatic hydroxyl groups excluding tert-OH is 1. The molecule has 1 saturated carbocycles. The fourth-order valence-electron chi connectivity index (χ4n) is 2.29. The summed E-state index contributed by atoms with van der Waals surface area (Å²) in [6.07, 6.45) is 3.65. The van der Waals surface area contributed by atoms with Crippen LogP contribution in [0.5, 0.6) is 0 Å². The summed E-state index contributed by atoms with van der Waals surface area (Å²) in [7, 11) is 0. The lowest BCUT2D eigenvalue weighted by molar-refractivity contribution is -0.121. The highest BCUT2D eigenvalue weighted by atomic mass is 16.3. The summed E-state index contributed by atoms with van der Waals surface area (Å²) in [6, 6.07) is 7.39. The van der Waals surface area contributed by atoms with E-state index in [1.807, 2.05) is 31.2 Å². The molecule has 1 atom stereocenters. The lowest BCUT2D eigenvalue weighted by Gasteiger charge is -2.15. The van der Waals surface area contributed by atoms with Crippen LogP contribution in [0.3, 0.4) is 0 Å². The van der Waals surface area contributed by atoms with Gasteiger partial charge in [-0.15, -0.1) is 0 Å². The van der Waals surface area contributed by atoms with Crippen molar-refractivity contribution in [2.24, 2.45) is 5.92 Å². The molecule has 0 aromatic heterocycles. The summed E-state index contributed by atoms with van der Waals surface area (Å²) < 4.78 is 0. The Kier molecular flexibility index (Phi) is 5.95. The SMILES string of the molecule is CCC(CCO)NC(=O)Cc1ccc(NC(=O)C2CC2)cc1. The summed E-state index contributed by atoms with van der Waals surface area (Å²) in [5.41, 5.74) is 1.67. The maximum atomic E-state index is 12.0. The first-order chi connectivity index (χ1) is 10.6. The van der Waals surface area contributed by atoms with Crippen molar-refractivity contribution < 1.29 is 14.7 Å². The Hall–Kier alpha value is -1.88. The Labute approximate surface area is 131 Å². The monoisotopic (exact) mass is 304 g/mol. The lowest BCUT2D eigenvalue weighted by Crippen LogP contribution is -2.36. The second-order valence-corrected chi connectivity index (χ2v) is 5.82. The minimum Gasteiger partial charge on any atom is -0.396 e. The number of carbonyl (C=O) groups is 2. The third kappa shape index (κ3) is 5.15. The van der Waals surface area contributed by atoms with Crippen LogP contribution in [-0.4, -0.2) is 29.6 Å². The van der Waals surface area contributed by atoms with Gasteiger partial charge in [-0.1, -0.05) is 19.1 Å². The first-order valence-corrected chi connectivity index (χ1v) is 7.92. The van der Waals surface area contributed by atoms with Crippen LogP contribution in [-0.2, 0) is 16.0 Å². The van der Waals surface area contributed by atoms with Crippen molar-refractivity contribution in [3.8, 4) is 0 Å². The topological polar surface area (TPSA) is 78.4 Å². The van der Waals surface area contributed by atoms with E-state index in [4.69, 9.17) is 5.11 Å². The van der Waals surface area contributed by atoms with Crippen molar-refractivity contribution >= 4 is 17.5 Å². The zero-order valence-corrected chi connectivity index (χ0v) is 13.0. The zero-order valence-electron chi connectivity index (χ0n) is 13.0. The molecular formula is C17H24N2O3. The molecule has 1 aliphatic rings. The molecule has 3 N–H and O–H groups in total. The molecule has 0 aliphatic heterocycles. The van der Waals surface area contributed by atoms with E-state index in [9.17, 15) is 9.59 Å². The Balaban J connectivity index is 1.82. The summed E-state index contributed by atoms with van der Waals surface area (Å²) in [5.74, 6) is 0.221. The van der Waals surface area contributed by atoms with Crippen molar-refractivity contribution in [1.82, 2.24) is 5.32 Å². The molecule has 1 fully saturated rings. The number of amides is 2. The quantitative estimate of drug-likeness (QED) is 0.686. The summed E-state index contributed by atoms with van der Waals surface area (Å²) in [6.45, 7) is 2.06. The Morgan fingerprint density at radius 1 is 1.27 bits per heavy atom. The molecule has 0 bridgehead atoms. The van der Waals surface area contributed by atoms with Crippen molar-refractivity contribution in [3.63, 3.8) is 0 Å². The van der Waals surface area contributed by atoms with Crippen LogP contribution in [0.4, 0.5) is 5.69 Å². The van der Waals surface area contributed by atoms with Crippen molar-refractivity contribution in [2.75, 3.05) is 11.9 Å². The van der Waals surface area contributed by atoms with Gasteiger partial charge in [-0.25, -0.2) is 0 Å². The van der Waals surface area contributed by atoms with Gasteiger partial charge in [0.1, 0.15) is 0 Å². The molecule has 0 saturated heterocycles. The van der Waals surface area contributed by atoms with Gasteiger partial charge in [-0.2, -0.15) is 0 Å². The van der Waals surface area contributed by atoms with Crippen LogP contribution in [0, 0.1) is 5.92 Å². The number of carbonyl (C=O) groups excluding carboxylic acids is 2. The third-order valence-electron chi connectivity index (χ3n) is 3.87. The van der Waals surface area contributed by atoms with E-state index in [1.165, 1.54) is 0 Å². The summed E-state index contributed by atoms with van der Waals surface area (Å²) in [4.78, 5) is 23.6. The molecular weight excluding hydrogens is 280 g/mol. The van der Waals surface area contributed by atoms with Crippen LogP contribution in [0.1, 0.15) is 38.2 Å². The maximum Gasteiger partial charge on any atom is 0.227 e. The fraction of sp³-hybridized carbons (Fsp3) is 0.529. The number of benzene rings is 1. The molecule has 1 aliphatic carbocycles. The molecule has 1 aromatic carbocycles. The second-order valence-electron chi connectivity index (χ2n) is 5.82. The summed E-state index contributed by atoms with van der Waals surface area (Å²) in [5, 5.41) is 14.7. The molecule has 0 heterocycles. The number of nitrogens with one attached hydrogen (secondary N) is 2. The standard InChI is InChI=1S/C17H24N2O3/c1-2-14(9-10-20)18-16(21)11-12-3-7-15(8-4-12)19-17(22)13-5-6-13/h3-4,7-8,13-14,20H,2,5-6,9-11H2,1H3,(H,18,21)(H,19,22). The normalized spacial score (nSPS) is 15.2. The van der Waals surface area contributed by atoms with Gasteiger partial charge in [0.2, 0.25) is 11.8 Å². The maximum absolute atomic E-state index is 12.0. The molecule has 2 rings (SSSR count). The van der Waals surface area contributed by atoms with Crippen molar-refractivity contribution in [2.45, 2.75) is 45.1 Å². The smallest absolute Gasteiger partial charge is 0.227 e. The predicted octanol–water partition coefficient (Wildman–Crippen LogP) is 1.85. The fourth-order valence-corrected chi connectivity index (χ4v) is 2.29. The zero-order chi connectivity index (χ0) is 15.9. The van der Waals surface area contributed by atoms with Crippen molar-refractivity contribution in [3.05, 3.63) is 29.8 Å². The minimum absolute atomic E-state index is 0.0228. The largest absolute Gasteiger partial charge is 0.396 e. The Morgan fingerprint density at radius 3 is 2.50 bits per heavy atom. The number of hydrogen-bond donors (Lipinski definition) is 3. The Bertz CT molecular complexity index is 509. The number of rotatable bonds is 8. The van der Waals surface area contributed by atoms with Gasteiger partial charge in [-0.05, 0) is 43.4 Å². The third-order valence-corrected chi connectivity index (χ3v) is 3.87. The van der Waals surface area contributed by atoms with E-state index in [0.717, 1.165) is 30.5 Å². The van der Waals surface area contributed by atoms with E-state index in [2.05, 4.69) is 10.6 Å². The molecule has 0 radical (unpaired) electrons. The minimum atomic E-state index is -0.0462. The molecule has 22 heavy (non-hydrogen) atoms. The van der Waals surface area contributed by atoms with Gasteiger partial charge >= 0.3 is 0 Å². The average Bonchev–Trinajstić information content (AvgIpc) is 3.33. The van der Waals surface area contributed by atoms with Crippen LogP contribution in [0.15, 0.2) is 24.3 Å². The first-order valence-electron chi connectivity index (χ1n) is 7.92. The highest BCUT2D eigenvalue weighted by Crippen LogP contribution is 2.30. The number of aliphatic hydroxyl groups is 1. The lowest BCUT2D eigenvalue weighted by atomic mass is 10.1. The highest BCUT2D eigenvalue weighted by molar-refractivity contribution is 5.94. The second kappa shape index (κ2) is 7.94. The van der Waals surface area contributed by atoms with Gasteiger partial charge in [0.15, 0.2) is 0 Å². The Morgan fingerprint density at radius 2 is 1.95 bits per heavy atom. The van der Waals surface area contributed by atoms with Gasteiger partial charge in [0, 0.05) is 24.3 Å². The first kappa shape index (κ1) is 16.5. The van der Waals surface area contributed by atoms with Crippen LogP contribution < -0.4 is 10.6 Å². The van der Waals surface area contributed by atoms with E-state index in [0.29, 0.717) is 12.8 Å². The van der Waals surface area contributed by atoms with E-state index in [1.54, 1.807) is 0 Å². The molecule has 1 unspecified atom stereocenters. The molecule has 120 valence electrons. The van der Waals surface area contributed by atoms with Gasteiger partial charge in [0.25, 0.3) is 0 Å². The number of hydrogen-bond acceptors (Lipinski definition) is 3. The van der Waals surface area contributed by atoms with E-state index >= 15 is 0 Å². The molecule has 5 nitrogen and oxygen atoms in total.